The van der Waals surface area contributed by atoms with Crippen molar-refractivity contribution in [3.05, 3.63) is 18.2 Å². The quantitative estimate of drug-likeness (QED) is 0.800. The van der Waals surface area contributed by atoms with Crippen LogP contribution >= 0.6 is 15.9 Å². The van der Waals surface area contributed by atoms with E-state index < -0.39 is 0 Å². The summed E-state index contributed by atoms with van der Waals surface area (Å²) in [6.45, 7) is 0.871. The summed E-state index contributed by atoms with van der Waals surface area (Å²) >= 11 is 3.46. The van der Waals surface area contributed by atoms with Crippen LogP contribution in [0.15, 0.2) is 12.4 Å². The minimum Gasteiger partial charge on any atom is -0.337 e. The van der Waals surface area contributed by atoms with Gasteiger partial charge in [-0.3, -0.25) is 0 Å². The molecule has 0 atom stereocenters. The van der Waals surface area contributed by atoms with E-state index in [1.54, 1.807) is 0 Å². The highest BCUT2D eigenvalue weighted by Gasteiger charge is 2.22. The van der Waals surface area contributed by atoms with Crippen molar-refractivity contribution in [2.75, 3.05) is 16.8 Å². The van der Waals surface area contributed by atoms with Crippen LogP contribution in [0.4, 0.5) is 10.3 Å². The molecule has 0 N–H and O–H groups in total. The van der Waals surface area contributed by atoms with Gasteiger partial charge in [0.25, 0.3) is 0 Å². The molecule has 1 saturated carbocycles. The number of anilines is 1. The van der Waals surface area contributed by atoms with Crippen molar-refractivity contribution in [3.63, 3.8) is 0 Å². The van der Waals surface area contributed by atoms with E-state index in [1.165, 1.54) is 44.5 Å². The van der Waals surface area contributed by atoms with Gasteiger partial charge in [0.05, 0.1) is 12.4 Å². The Labute approximate surface area is 110 Å². The van der Waals surface area contributed by atoms with Gasteiger partial charge >= 0.3 is 0 Å². The molecule has 0 amide bonds. The zero-order valence-electron chi connectivity index (χ0n) is 9.78. The largest absolute Gasteiger partial charge is 0.337 e. The van der Waals surface area contributed by atoms with Crippen LogP contribution in [-0.2, 0) is 0 Å². The summed E-state index contributed by atoms with van der Waals surface area (Å²) in [6, 6.07) is 0.506. The van der Waals surface area contributed by atoms with Crippen molar-refractivity contribution in [2.24, 2.45) is 0 Å². The molecule has 0 bridgehead atoms. The molecule has 2 rings (SSSR count). The third-order valence-corrected chi connectivity index (χ3v) is 3.56. The zero-order chi connectivity index (χ0) is 12.1. The predicted molar refractivity (Wildman–Crippen MR) is 70.0 cm³/mol. The third kappa shape index (κ3) is 3.37. The van der Waals surface area contributed by atoms with Crippen molar-refractivity contribution in [1.82, 2.24) is 9.97 Å². The molecule has 0 spiro atoms. The lowest BCUT2D eigenvalue weighted by atomic mass is 9.94. The molecule has 0 aromatic carbocycles. The summed E-state index contributed by atoms with van der Waals surface area (Å²) in [4.78, 5) is 10.4. The number of aromatic nitrogens is 2. The van der Waals surface area contributed by atoms with Gasteiger partial charge in [-0.05, 0) is 12.8 Å². The number of alkyl halides is 1. The van der Waals surface area contributed by atoms with Crippen LogP contribution in [0, 0.1) is 5.82 Å². The summed E-state index contributed by atoms with van der Waals surface area (Å²) < 4.78 is 12.8. The molecule has 3 nitrogen and oxygen atoms in total. The molecule has 1 heterocycles. The van der Waals surface area contributed by atoms with Crippen molar-refractivity contribution < 1.29 is 4.39 Å². The maximum Gasteiger partial charge on any atom is 0.225 e. The maximum atomic E-state index is 12.8. The lowest BCUT2D eigenvalue weighted by Gasteiger charge is -2.33. The minimum absolute atomic E-state index is 0.379. The minimum atomic E-state index is -0.379. The molecule has 1 aromatic heterocycles. The molecule has 94 valence electrons. The van der Waals surface area contributed by atoms with E-state index in [1.807, 2.05) is 0 Å². The number of nitrogens with zero attached hydrogens (tertiary/aromatic N) is 3. The highest BCUT2D eigenvalue weighted by atomic mass is 79.9. The normalized spacial score (nSPS) is 17.1. The molecule has 0 aliphatic heterocycles. The summed E-state index contributed by atoms with van der Waals surface area (Å²) in [6.07, 6.45) is 8.72. The van der Waals surface area contributed by atoms with Crippen LogP contribution in [0.1, 0.15) is 32.1 Å². The standard InChI is InChI=1S/C12H17BrFN3/c13-6-7-17(11-4-2-1-3-5-11)12-15-8-10(14)9-16-12/h8-9,11H,1-7H2. The van der Waals surface area contributed by atoms with E-state index in [-0.39, 0.29) is 5.82 Å². The van der Waals surface area contributed by atoms with Crippen molar-refractivity contribution in [2.45, 2.75) is 38.1 Å². The van der Waals surface area contributed by atoms with Gasteiger partial charge in [0.1, 0.15) is 0 Å². The Morgan fingerprint density at radius 3 is 2.47 bits per heavy atom. The average Bonchev–Trinajstić information content (AvgIpc) is 2.38. The SMILES string of the molecule is Fc1cnc(N(CCBr)C2CCCCC2)nc1. The van der Waals surface area contributed by atoms with Crippen molar-refractivity contribution in [3.8, 4) is 0 Å². The van der Waals surface area contributed by atoms with Crippen molar-refractivity contribution >= 4 is 21.9 Å². The second kappa shape index (κ2) is 6.28. The smallest absolute Gasteiger partial charge is 0.225 e. The second-order valence-corrected chi connectivity index (χ2v) is 5.17. The maximum absolute atomic E-state index is 12.8. The monoisotopic (exact) mass is 301 g/mol. The first-order valence-electron chi connectivity index (χ1n) is 6.11. The predicted octanol–water partition coefficient (Wildman–Crippen LogP) is 3.15. The Balaban J connectivity index is 2.12. The van der Waals surface area contributed by atoms with Crippen LogP contribution in [0.25, 0.3) is 0 Å². The lowest BCUT2D eigenvalue weighted by Crippen LogP contribution is -2.39. The molecule has 0 saturated heterocycles. The summed E-state index contributed by atoms with van der Waals surface area (Å²) in [5.41, 5.74) is 0. The fourth-order valence-corrected chi connectivity index (χ4v) is 2.77. The van der Waals surface area contributed by atoms with Crippen LogP contribution in [0.3, 0.4) is 0 Å². The molecular formula is C12H17BrFN3. The fourth-order valence-electron chi connectivity index (χ4n) is 2.38. The molecule has 1 aliphatic rings. The molecule has 1 aromatic rings. The van der Waals surface area contributed by atoms with Gasteiger partial charge in [0.15, 0.2) is 5.82 Å². The van der Waals surface area contributed by atoms with Gasteiger partial charge in [-0.1, -0.05) is 35.2 Å². The number of hydrogen-bond donors (Lipinski definition) is 0. The van der Waals surface area contributed by atoms with Gasteiger partial charge in [-0.25, -0.2) is 14.4 Å². The Hall–Kier alpha value is -0.710. The lowest BCUT2D eigenvalue weighted by molar-refractivity contribution is 0.414. The molecule has 1 aliphatic carbocycles. The average molecular weight is 302 g/mol. The number of rotatable bonds is 4. The summed E-state index contributed by atoms with van der Waals surface area (Å²) in [5, 5.41) is 0.879. The Morgan fingerprint density at radius 1 is 1.24 bits per heavy atom. The van der Waals surface area contributed by atoms with Crippen LogP contribution in [0.2, 0.25) is 0 Å². The molecule has 17 heavy (non-hydrogen) atoms. The van der Waals surface area contributed by atoms with E-state index in [2.05, 4.69) is 30.8 Å². The van der Waals surface area contributed by atoms with Crippen LogP contribution < -0.4 is 4.90 Å². The van der Waals surface area contributed by atoms with E-state index >= 15 is 0 Å². The van der Waals surface area contributed by atoms with E-state index in [4.69, 9.17) is 0 Å². The fraction of sp³-hybridized carbons (Fsp3) is 0.667. The molecule has 0 radical (unpaired) electrons. The Bertz CT molecular complexity index is 338. The zero-order valence-corrected chi connectivity index (χ0v) is 11.4. The second-order valence-electron chi connectivity index (χ2n) is 4.38. The van der Waals surface area contributed by atoms with Gasteiger partial charge in [-0.15, -0.1) is 0 Å². The number of halogens is 2. The van der Waals surface area contributed by atoms with Crippen LogP contribution in [-0.4, -0.2) is 27.9 Å². The summed E-state index contributed by atoms with van der Waals surface area (Å²) in [7, 11) is 0. The van der Waals surface area contributed by atoms with Gasteiger partial charge < -0.3 is 4.90 Å². The van der Waals surface area contributed by atoms with Gasteiger partial charge in [-0.2, -0.15) is 0 Å². The van der Waals surface area contributed by atoms with E-state index in [0.29, 0.717) is 12.0 Å². The Morgan fingerprint density at radius 2 is 1.88 bits per heavy atom. The van der Waals surface area contributed by atoms with E-state index in [0.717, 1.165) is 11.9 Å². The Kier molecular flexibility index (Phi) is 4.71. The van der Waals surface area contributed by atoms with E-state index in [9.17, 15) is 4.39 Å². The van der Waals surface area contributed by atoms with Gasteiger partial charge in [0.2, 0.25) is 5.95 Å². The molecule has 5 heteroatoms. The molecular weight excluding hydrogens is 285 g/mol. The summed E-state index contributed by atoms with van der Waals surface area (Å²) in [5.74, 6) is 0.272. The highest BCUT2D eigenvalue weighted by molar-refractivity contribution is 9.09. The topological polar surface area (TPSA) is 29.0 Å². The molecule has 0 unspecified atom stereocenters. The molecule has 1 fully saturated rings. The third-order valence-electron chi connectivity index (χ3n) is 3.20. The van der Waals surface area contributed by atoms with Crippen LogP contribution in [0.5, 0.6) is 0 Å². The first-order valence-corrected chi connectivity index (χ1v) is 7.23. The first kappa shape index (κ1) is 12.7. The van der Waals surface area contributed by atoms with Crippen molar-refractivity contribution in [1.29, 1.82) is 0 Å². The number of hydrogen-bond acceptors (Lipinski definition) is 3. The van der Waals surface area contributed by atoms with Gasteiger partial charge in [0, 0.05) is 17.9 Å². The first-order chi connectivity index (χ1) is 8.31. The highest BCUT2D eigenvalue weighted by Crippen LogP contribution is 2.25.